The molecule has 0 amide bonds. The summed E-state index contributed by atoms with van der Waals surface area (Å²) in [5, 5.41) is 7.82. The molecule has 4 nitrogen and oxygen atoms in total. The third-order valence-corrected chi connectivity index (χ3v) is 1.30. The van der Waals surface area contributed by atoms with Gasteiger partial charge in [0.25, 0.3) is 2.86 Å². The predicted octanol–water partition coefficient (Wildman–Crippen LogP) is 0.347. The average Bonchev–Trinajstić information content (AvgIpc) is 2.40. The maximum Gasteiger partial charge on any atom is 0.320 e. The van der Waals surface area contributed by atoms with Crippen LogP contribution in [0.4, 0.5) is 0 Å². The molecule has 0 spiro atoms. The van der Waals surface area contributed by atoms with Crippen LogP contribution >= 0.6 is 0 Å². The maximum absolute atomic E-state index is 11.3. The molecule has 0 fully saturated rings. The number of carboxylic acid groups (broad SMARTS) is 1. The molecule has 0 saturated carbocycles. The van der Waals surface area contributed by atoms with Gasteiger partial charge in [-0.05, 0) is 24.1 Å². The molecular weight excluding hydrogens is 170 g/mol. The van der Waals surface area contributed by atoms with Gasteiger partial charge >= 0.3 is 5.97 Å². The standard InChI is InChI=1S/C9H11NO3/c10-8(9(12)13)5-6-2-1-3-7(11)4-6/h1-4,8,11H,5,10H2,(H,12,13)/t8-/m0/s1/i1D,4D,5D/hD4/t5?,8-. The highest BCUT2D eigenvalue weighted by Gasteiger charge is 2.11. The molecule has 1 aromatic rings. The molecule has 0 aliphatic rings. The fourth-order valence-electron chi connectivity index (χ4n) is 0.749. The number of nitrogens with two attached hydrogens (primary N) is 1. The van der Waals surface area contributed by atoms with E-state index in [2.05, 4.69) is 10.2 Å². The Labute approximate surface area is 85.7 Å². The number of benzene rings is 1. The normalized spacial score (nSPS) is 22.1. The SMILES string of the molecule is [2H]OC(=O)[C@H](C([2H])c1cc([2H])cc(O[2H])c1[2H])N([2H])[2H]. The van der Waals surface area contributed by atoms with Gasteiger partial charge in [0.05, 0.1) is 2.74 Å². The topological polar surface area (TPSA) is 83.5 Å². The minimum atomic E-state index is -1.77. The molecule has 0 radical (unpaired) electrons. The minimum Gasteiger partial charge on any atom is -0.508 e. The van der Waals surface area contributed by atoms with Crippen LogP contribution in [0.2, 0.25) is 2.82 Å². The second-order valence-electron chi connectivity index (χ2n) is 2.33. The van der Waals surface area contributed by atoms with E-state index in [1.807, 2.05) is 0 Å². The number of hydrogen-bond donors (Lipinski definition) is 3. The fourth-order valence-corrected chi connectivity index (χ4v) is 0.749. The zero-order chi connectivity index (χ0) is 15.4. The highest BCUT2D eigenvalue weighted by molar-refractivity contribution is 5.73. The van der Waals surface area contributed by atoms with Crippen LogP contribution in [0.25, 0.3) is 1.43 Å². The lowest BCUT2D eigenvalue weighted by Crippen LogP contribution is -2.32. The molecule has 1 aromatic carbocycles. The number of aliphatic carboxylic acids is 1. The summed E-state index contributed by atoms with van der Waals surface area (Å²) in [7, 11) is 0. The second-order valence-corrected chi connectivity index (χ2v) is 2.33. The van der Waals surface area contributed by atoms with Gasteiger partial charge in [-0.3, -0.25) is 4.79 Å². The lowest BCUT2D eigenvalue weighted by Gasteiger charge is -2.05. The Morgan fingerprint density at radius 1 is 1.92 bits per heavy atom. The summed E-state index contributed by atoms with van der Waals surface area (Å²) in [6.45, 7) is 0. The fraction of sp³-hybridized carbons (Fsp3) is 0.222. The first-order chi connectivity index (χ1) is 9.33. The number of aromatic hydroxyl groups is 1. The monoisotopic (exact) mass is 188 g/mol. The van der Waals surface area contributed by atoms with Gasteiger partial charge in [-0.15, -0.1) is 0 Å². The number of hydrogen-bond acceptors (Lipinski definition) is 4. The smallest absolute Gasteiger partial charge is 0.320 e. The van der Waals surface area contributed by atoms with Crippen LogP contribution in [0.1, 0.15) is 9.68 Å². The van der Waals surface area contributed by atoms with Crippen molar-refractivity contribution >= 4 is 5.97 Å². The van der Waals surface area contributed by atoms with Crippen molar-refractivity contribution in [3.05, 3.63) is 29.8 Å². The Bertz CT molecular complexity index is 499. The van der Waals surface area contributed by atoms with Crippen LogP contribution in [0.5, 0.6) is 5.75 Å². The summed E-state index contributed by atoms with van der Waals surface area (Å²) in [5.41, 5.74) is -0.286. The molecule has 0 aliphatic heterocycles. The Kier molecular flexibility index (Phi) is 1.10. The molecule has 1 rings (SSSR count). The van der Waals surface area contributed by atoms with Crippen molar-refractivity contribution in [3.8, 4) is 5.75 Å². The third kappa shape index (κ3) is 2.76. The van der Waals surface area contributed by atoms with E-state index < -0.39 is 24.5 Å². The van der Waals surface area contributed by atoms with Crippen molar-refractivity contribution in [1.29, 1.82) is 2.86 Å². The van der Waals surface area contributed by atoms with Gasteiger partial charge in [0.15, 0.2) is 0 Å². The van der Waals surface area contributed by atoms with Gasteiger partial charge in [-0.25, -0.2) is 0 Å². The van der Waals surface area contributed by atoms with E-state index in [1.54, 1.807) is 0 Å². The van der Waals surface area contributed by atoms with Crippen molar-refractivity contribution < 1.29 is 21.9 Å². The molecule has 0 bridgehead atoms. The average molecular weight is 188 g/mol. The molecule has 0 heterocycles. The zero-order valence-electron chi connectivity index (χ0n) is 13.5. The predicted molar refractivity (Wildman–Crippen MR) is 47.4 cm³/mol. The van der Waals surface area contributed by atoms with E-state index in [4.69, 9.17) is 9.80 Å². The summed E-state index contributed by atoms with van der Waals surface area (Å²) >= 11 is 0. The van der Waals surface area contributed by atoms with E-state index in [9.17, 15) is 4.79 Å². The highest BCUT2D eigenvalue weighted by atomic mass is 16.4. The first-order valence-corrected chi connectivity index (χ1v) is 3.44. The van der Waals surface area contributed by atoms with E-state index in [0.29, 0.717) is 0 Å². The Balaban J connectivity index is 3.28. The van der Waals surface area contributed by atoms with Crippen LogP contribution in [-0.2, 0) is 11.2 Å². The Morgan fingerprint density at radius 3 is 3.54 bits per heavy atom. The van der Waals surface area contributed by atoms with Crippen molar-refractivity contribution in [2.45, 2.75) is 12.4 Å². The van der Waals surface area contributed by atoms with Gasteiger partial charge in [-0.1, -0.05) is 12.1 Å². The Hall–Kier alpha value is -1.55. The van der Waals surface area contributed by atoms with E-state index in [-0.39, 0.29) is 23.1 Å². The molecular formula is C9H11NO3. The van der Waals surface area contributed by atoms with Crippen LogP contribution in [-0.4, -0.2) is 23.7 Å². The number of carbonyl (C=O) groups is 1. The van der Waals surface area contributed by atoms with Crippen LogP contribution < -0.4 is 5.72 Å². The van der Waals surface area contributed by atoms with Crippen molar-refractivity contribution in [2.24, 2.45) is 5.72 Å². The molecule has 2 atom stereocenters. The molecule has 4 N–H and O–H groups in total. The first-order valence-electron chi connectivity index (χ1n) is 6.72. The number of carboxylic acids is 1. The van der Waals surface area contributed by atoms with Crippen LogP contribution in [0.3, 0.4) is 0 Å². The van der Waals surface area contributed by atoms with Crippen LogP contribution in [0.15, 0.2) is 24.2 Å². The van der Waals surface area contributed by atoms with E-state index >= 15 is 0 Å². The molecule has 0 aliphatic carbocycles. The quantitative estimate of drug-likeness (QED) is 0.622. The molecule has 13 heavy (non-hydrogen) atoms. The zero-order valence-corrected chi connectivity index (χ0v) is 6.48. The lowest BCUT2D eigenvalue weighted by molar-refractivity contribution is -0.138. The van der Waals surface area contributed by atoms with Crippen LogP contribution in [0, 0.1) is 0 Å². The number of phenols is 1. The second kappa shape index (κ2) is 3.91. The first kappa shape index (κ1) is 3.67. The van der Waals surface area contributed by atoms with E-state index in [0.717, 1.165) is 12.1 Å². The molecule has 4 heteroatoms. The largest absolute Gasteiger partial charge is 0.508 e. The van der Waals surface area contributed by atoms with Gasteiger partial charge in [0.1, 0.15) is 14.6 Å². The van der Waals surface area contributed by atoms with Gasteiger partial charge in [0.2, 0.25) is 0 Å². The van der Waals surface area contributed by atoms with Crippen molar-refractivity contribution in [2.75, 3.05) is 0 Å². The molecule has 0 saturated heterocycles. The lowest BCUT2D eigenvalue weighted by atomic mass is 10.1. The van der Waals surface area contributed by atoms with Gasteiger partial charge in [0, 0.05) is 1.37 Å². The van der Waals surface area contributed by atoms with Gasteiger partial charge < -0.3 is 15.9 Å². The summed E-state index contributed by atoms with van der Waals surface area (Å²) in [4.78, 5) is 11.3. The van der Waals surface area contributed by atoms with Crippen molar-refractivity contribution in [1.82, 2.24) is 0 Å². The molecule has 0 aromatic heterocycles. The maximum atomic E-state index is 11.3. The number of rotatable bonds is 5. The summed E-state index contributed by atoms with van der Waals surface area (Å²) in [6.07, 6.45) is -1.62. The van der Waals surface area contributed by atoms with E-state index in [1.165, 1.54) is 0 Å². The third-order valence-electron chi connectivity index (χ3n) is 1.30. The minimum absolute atomic E-state index is 0.105. The summed E-state index contributed by atoms with van der Waals surface area (Å²) in [5.74, 6) is -1.60. The summed E-state index contributed by atoms with van der Waals surface area (Å²) in [6, 6.07) is -0.147. The van der Waals surface area contributed by atoms with Crippen molar-refractivity contribution in [3.63, 3.8) is 0 Å². The molecule has 1 unspecified atom stereocenters. The Morgan fingerprint density at radius 2 is 2.85 bits per heavy atom. The van der Waals surface area contributed by atoms with Gasteiger partial charge in [-0.2, -0.15) is 0 Å². The molecule has 70 valence electrons. The summed E-state index contributed by atoms with van der Waals surface area (Å²) < 4.78 is 50.5. The highest BCUT2D eigenvalue weighted by Crippen LogP contribution is 2.11. The number of phenolic OH excluding ortho intramolecular Hbond substituents is 1.